The summed E-state index contributed by atoms with van der Waals surface area (Å²) < 4.78 is 15.0. The fourth-order valence-corrected chi connectivity index (χ4v) is 2.43. The number of hydrogen-bond donors (Lipinski definition) is 0. The van der Waals surface area contributed by atoms with Crippen molar-refractivity contribution < 1.29 is 28.9 Å². The zero-order chi connectivity index (χ0) is 20.8. The van der Waals surface area contributed by atoms with E-state index in [0.29, 0.717) is 5.56 Å². The Morgan fingerprint density at radius 3 is 1.96 bits per heavy atom. The molecular weight excluding hydrogens is 372 g/mol. The van der Waals surface area contributed by atoms with Crippen LogP contribution in [0.15, 0.2) is 36.4 Å². The highest BCUT2D eigenvalue weighted by atomic mass is 16.6. The average Bonchev–Trinajstić information content (AvgIpc) is 2.70. The molecule has 0 spiro atoms. The van der Waals surface area contributed by atoms with E-state index in [2.05, 4.69) is 0 Å². The molecule has 0 heterocycles. The van der Waals surface area contributed by atoms with Gasteiger partial charge < -0.3 is 14.2 Å². The van der Waals surface area contributed by atoms with E-state index in [4.69, 9.17) is 14.2 Å². The molecule has 2 rings (SSSR count). The summed E-state index contributed by atoms with van der Waals surface area (Å²) in [6, 6.07) is 6.49. The second kappa shape index (κ2) is 8.62. The summed E-state index contributed by atoms with van der Waals surface area (Å²) in [5.41, 5.74) is -0.313. The number of carbonyl (C=O) groups excluding carboxylic acids is 1. The van der Waals surface area contributed by atoms with Crippen molar-refractivity contribution in [1.82, 2.24) is 0 Å². The summed E-state index contributed by atoms with van der Waals surface area (Å²) in [5, 5.41) is 22.3. The van der Waals surface area contributed by atoms with E-state index in [1.54, 1.807) is 0 Å². The number of benzene rings is 2. The van der Waals surface area contributed by atoms with Crippen molar-refractivity contribution in [1.29, 1.82) is 0 Å². The van der Waals surface area contributed by atoms with Gasteiger partial charge in [0.2, 0.25) is 5.75 Å². The van der Waals surface area contributed by atoms with Gasteiger partial charge in [-0.05, 0) is 17.7 Å². The molecule has 28 heavy (non-hydrogen) atoms. The van der Waals surface area contributed by atoms with Crippen LogP contribution < -0.4 is 14.2 Å². The first-order valence-corrected chi connectivity index (χ1v) is 7.77. The predicted octanol–water partition coefficient (Wildman–Crippen LogP) is 3.42. The van der Waals surface area contributed by atoms with Crippen molar-refractivity contribution in [2.45, 2.75) is 0 Å². The van der Waals surface area contributed by atoms with Gasteiger partial charge in [0, 0.05) is 18.2 Å². The van der Waals surface area contributed by atoms with E-state index in [1.807, 2.05) is 0 Å². The van der Waals surface area contributed by atoms with Crippen LogP contribution in [0.4, 0.5) is 11.4 Å². The molecule has 10 nitrogen and oxygen atoms in total. The van der Waals surface area contributed by atoms with Crippen LogP contribution >= 0.6 is 0 Å². The van der Waals surface area contributed by atoms with E-state index in [0.717, 1.165) is 12.1 Å². The monoisotopic (exact) mass is 388 g/mol. The Morgan fingerprint density at radius 2 is 1.43 bits per heavy atom. The largest absolute Gasteiger partial charge is 0.496 e. The Kier molecular flexibility index (Phi) is 6.27. The Bertz CT molecular complexity index is 968. The number of carbonyl (C=O) groups is 1. The van der Waals surface area contributed by atoms with E-state index >= 15 is 0 Å². The van der Waals surface area contributed by atoms with Crippen LogP contribution in [0.2, 0.25) is 0 Å². The fourth-order valence-electron chi connectivity index (χ4n) is 2.43. The van der Waals surface area contributed by atoms with Crippen LogP contribution in [0.1, 0.15) is 15.9 Å². The van der Waals surface area contributed by atoms with Gasteiger partial charge in [-0.1, -0.05) is 12.1 Å². The number of nitro groups is 2. The Morgan fingerprint density at radius 1 is 0.857 bits per heavy atom. The lowest BCUT2D eigenvalue weighted by Crippen LogP contribution is -2.03. The number of ether oxygens (including phenoxy) is 3. The molecule has 0 N–H and O–H groups in total. The molecule has 0 bridgehead atoms. The highest BCUT2D eigenvalue weighted by Gasteiger charge is 2.22. The molecule has 0 aromatic heterocycles. The molecule has 2 aromatic rings. The van der Waals surface area contributed by atoms with Crippen molar-refractivity contribution >= 4 is 23.2 Å². The number of allylic oxidation sites excluding steroid dienone is 1. The molecule has 0 saturated carbocycles. The maximum atomic E-state index is 12.5. The Balaban J connectivity index is 2.42. The maximum Gasteiger partial charge on any atom is 0.311 e. The second-order valence-electron chi connectivity index (χ2n) is 5.37. The highest BCUT2D eigenvalue weighted by molar-refractivity contribution is 6.09. The molecule has 0 amide bonds. The first-order chi connectivity index (χ1) is 13.3. The van der Waals surface area contributed by atoms with Crippen LogP contribution in [-0.2, 0) is 0 Å². The lowest BCUT2D eigenvalue weighted by molar-refractivity contribution is -0.385. The average molecular weight is 388 g/mol. The van der Waals surface area contributed by atoms with Crippen molar-refractivity contribution in [2.75, 3.05) is 21.3 Å². The number of methoxy groups -OCH3 is 3. The van der Waals surface area contributed by atoms with Gasteiger partial charge in [-0.2, -0.15) is 0 Å². The number of ketones is 1. The third-order valence-electron chi connectivity index (χ3n) is 3.79. The van der Waals surface area contributed by atoms with E-state index in [-0.39, 0.29) is 34.2 Å². The third kappa shape index (κ3) is 4.23. The van der Waals surface area contributed by atoms with Crippen LogP contribution in [0.25, 0.3) is 6.08 Å². The molecule has 0 saturated heterocycles. The second-order valence-corrected chi connectivity index (χ2v) is 5.37. The standard InChI is InChI=1S/C18H16N2O8/c1-26-16-7-5-11(8-13(16)19(22)23)4-6-15(21)12-9-14(20(24)25)18(28-3)10-17(12)27-2/h4-10H,1-3H3/b6-4+. The minimum absolute atomic E-state index is 0.0470. The van der Waals surface area contributed by atoms with Gasteiger partial charge in [0.15, 0.2) is 11.5 Å². The number of nitrogens with zero attached hydrogens (tertiary/aromatic N) is 2. The van der Waals surface area contributed by atoms with E-state index in [9.17, 15) is 25.0 Å². The predicted molar refractivity (Wildman–Crippen MR) is 99.2 cm³/mol. The molecular formula is C18H16N2O8. The summed E-state index contributed by atoms with van der Waals surface area (Å²) in [6.07, 6.45) is 2.49. The molecule has 0 radical (unpaired) electrons. The Hall–Kier alpha value is -3.95. The molecule has 0 atom stereocenters. The molecule has 0 unspecified atom stereocenters. The SMILES string of the molecule is COc1cc(OC)c([N+](=O)[O-])cc1C(=O)/C=C/c1ccc(OC)c([N+](=O)[O-])c1. The van der Waals surface area contributed by atoms with Gasteiger partial charge in [-0.25, -0.2) is 0 Å². The summed E-state index contributed by atoms with van der Waals surface area (Å²) >= 11 is 0. The van der Waals surface area contributed by atoms with Gasteiger partial charge in [-0.3, -0.25) is 25.0 Å². The minimum atomic E-state index is -0.675. The van der Waals surface area contributed by atoms with Gasteiger partial charge in [0.25, 0.3) is 0 Å². The van der Waals surface area contributed by atoms with Crippen LogP contribution in [0.3, 0.4) is 0 Å². The fraction of sp³-hybridized carbons (Fsp3) is 0.167. The number of rotatable bonds is 8. The smallest absolute Gasteiger partial charge is 0.311 e. The molecule has 0 fully saturated rings. The third-order valence-corrected chi connectivity index (χ3v) is 3.79. The Labute approximate surface area is 159 Å². The van der Waals surface area contributed by atoms with Gasteiger partial charge >= 0.3 is 11.4 Å². The number of hydrogen-bond acceptors (Lipinski definition) is 8. The van der Waals surface area contributed by atoms with Gasteiger partial charge in [0.1, 0.15) is 5.75 Å². The van der Waals surface area contributed by atoms with Crippen LogP contribution in [-0.4, -0.2) is 37.0 Å². The first kappa shape index (κ1) is 20.4. The van der Waals surface area contributed by atoms with Crippen molar-refractivity contribution in [3.63, 3.8) is 0 Å². The van der Waals surface area contributed by atoms with Crippen molar-refractivity contribution in [3.8, 4) is 17.2 Å². The van der Waals surface area contributed by atoms with Gasteiger partial charge in [0.05, 0.1) is 36.7 Å². The summed E-state index contributed by atoms with van der Waals surface area (Å²) in [4.78, 5) is 33.5. The summed E-state index contributed by atoms with van der Waals surface area (Å²) in [5.74, 6) is -0.451. The molecule has 2 aromatic carbocycles. The maximum absolute atomic E-state index is 12.5. The van der Waals surface area contributed by atoms with Gasteiger partial charge in [-0.15, -0.1) is 0 Å². The van der Waals surface area contributed by atoms with E-state index in [1.165, 1.54) is 51.7 Å². The summed E-state index contributed by atoms with van der Waals surface area (Å²) in [6.45, 7) is 0. The molecule has 10 heteroatoms. The minimum Gasteiger partial charge on any atom is -0.496 e. The quantitative estimate of drug-likeness (QED) is 0.291. The topological polar surface area (TPSA) is 131 Å². The zero-order valence-electron chi connectivity index (χ0n) is 15.2. The highest BCUT2D eigenvalue weighted by Crippen LogP contribution is 2.35. The normalized spacial score (nSPS) is 10.5. The first-order valence-electron chi connectivity index (χ1n) is 7.77. The van der Waals surface area contributed by atoms with Crippen molar-refractivity contribution in [3.05, 3.63) is 67.8 Å². The zero-order valence-corrected chi connectivity index (χ0v) is 15.2. The molecule has 0 aliphatic carbocycles. The van der Waals surface area contributed by atoms with Crippen molar-refractivity contribution in [2.24, 2.45) is 0 Å². The lowest BCUT2D eigenvalue weighted by Gasteiger charge is -2.09. The molecule has 0 aliphatic heterocycles. The van der Waals surface area contributed by atoms with E-state index < -0.39 is 15.6 Å². The van der Waals surface area contributed by atoms with Crippen LogP contribution in [0.5, 0.6) is 17.2 Å². The lowest BCUT2D eigenvalue weighted by atomic mass is 10.1. The molecule has 0 aliphatic rings. The van der Waals surface area contributed by atoms with Crippen LogP contribution in [0, 0.1) is 20.2 Å². The molecule has 146 valence electrons. The number of nitro benzene ring substituents is 2. The summed E-state index contributed by atoms with van der Waals surface area (Å²) in [7, 11) is 3.89.